The van der Waals surface area contributed by atoms with Crippen molar-refractivity contribution >= 4 is 29.4 Å². The number of hydrogen-bond donors (Lipinski definition) is 2. The monoisotopic (exact) mass is 629 g/mol. The number of carbonyl (C=O) groups is 4. The first-order chi connectivity index (χ1) is 22.8. The van der Waals surface area contributed by atoms with Gasteiger partial charge in [-0.15, -0.1) is 0 Å². The van der Waals surface area contributed by atoms with Crippen molar-refractivity contribution in [2.45, 2.75) is 69.1 Å². The number of hydrogen-bond acceptors (Lipinski definition) is 4. The molecule has 2 aliphatic rings. The Hall–Kier alpha value is -5.24. The lowest BCUT2D eigenvalue weighted by Gasteiger charge is -2.31. The highest BCUT2D eigenvalue weighted by Gasteiger charge is 2.49. The molecule has 6 rings (SSSR count). The molecule has 1 saturated carbocycles. The van der Waals surface area contributed by atoms with Crippen molar-refractivity contribution in [3.05, 3.63) is 138 Å². The van der Waals surface area contributed by atoms with Gasteiger partial charge in [0.25, 0.3) is 5.91 Å². The Morgan fingerprint density at radius 2 is 1.38 bits per heavy atom. The van der Waals surface area contributed by atoms with Crippen LogP contribution in [0.3, 0.4) is 0 Å². The topological polar surface area (TPSA) is 107 Å². The molecule has 47 heavy (non-hydrogen) atoms. The molecule has 3 atom stereocenters. The molecule has 4 aromatic carbocycles. The summed E-state index contributed by atoms with van der Waals surface area (Å²) in [5.74, 6) is -1.76. The van der Waals surface area contributed by atoms with E-state index in [1.165, 1.54) is 6.92 Å². The molecule has 8 nitrogen and oxygen atoms in total. The smallest absolute Gasteiger partial charge is 0.326 e. The summed E-state index contributed by atoms with van der Waals surface area (Å²) in [4.78, 5) is 56.7. The number of anilines is 1. The Labute approximate surface area is 275 Å². The summed E-state index contributed by atoms with van der Waals surface area (Å²) in [6.45, 7) is 1.49. The summed E-state index contributed by atoms with van der Waals surface area (Å²) in [6.07, 6.45) is 2.99. The van der Waals surface area contributed by atoms with E-state index in [1.54, 1.807) is 34.1 Å². The van der Waals surface area contributed by atoms with E-state index in [-0.39, 0.29) is 24.1 Å². The molecular weight excluding hydrogens is 590 g/mol. The van der Waals surface area contributed by atoms with E-state index in [0.717, 1.165) is 29.5 Å². The van der Waals surface area contributed by atoms with Crippen LogP contribution in [0, 0.1) is 0 Å². The average Bonchev–Trinajstić information content (AvgIpc) is 3.70. The van der Waals surface area contributed by atoms with Gasteiger partial charge in [0.05, 0.1) is 5.41 Å². The van der Waals surface area contributed by atoms with E-state index in [2.05, 4.69) is 5.32 Å². The van der Waals surface area contributed by atoms with Crippen LogP contribution in [0.5, 0.6) is 0 Å². The fraction of sp³-hybridized carbons (Fsp3) is 0.282. The number of benzene rings is 4. The first kappa shape index (κ1) is 31.7. The van der Waals surface area contributed by atoms with Gasteiger partial charge in [0.2, 0.25) is 11.8 Å². The molecule has 1 saturated heterocycles. The van der Waals surface area contributed by atoms with Crippen molar-refractivity contribution in [1.82, 2.24) is 10.2 Å². The zero-order valence-corrected chi connectivity index (χ0v) is 26.4. The molecule has 3 unspecified atom stereocenters. The van der Waals surface area contributed by atoms with Crippen LogP contribution in [0.15, 0.2) is 115 Å². The highest BCUT2D eigenvalue weighted by molar-refractivity contribution is 6.03. The molecule has 0 spiro atoms. The van der Waals surface area contributed by atoms with Crippen LogP contribution in [0.4, 0.5) is 5.69 Å². The van der Waals surface area contributed by atoms with Crippen molar-refractivity contribution in [1.29, 1.82) is 0 Å². The number of carboxylic acid groups (broad SMARTS) is 1. The summed E-state index contributed by atoms with van der Waals surface area (Å²) in [5.41, 5.74) is 3.24. The standard InChI is InChI=1S/C39H39N3O5/c1-27(43)41-34(26-28-13-5-2-6-14-28)36(44)42(35(41)30-15-7-3-8-16-30)32-21-19-29(20-22-32)25-33(37(45)46)40-38(47)39(23-11-12-24-39)31-17-9-4-10-18-31/h2-10,13-22,33-35H,11-12,23-26H2,1H3,(H,40,47)(H,45,46). The van der Waals surface area contributed by atoms with Crippen molar-refractivity contribution in [3.63, 3.8) is 0 Å². The second-order valence-corrected chi connectivity index (χ2v) is 12.5. The number of carboxylic acids is 1. The lowest BCUT2D eigenvalue weighted by Crippen LogP contribution is -2.50. The van der Waals surface area contributed by atoms with E-state index < -0.39 is 29.6 Å². The van der Waals surface area contributed by atoms with Gasteiger partial charge >= 0.3 is 5.97 Å². The van der Waals surface area contributed by atoms with E-state index in [4.69, 9.17) is 0 Å². The third-order valence-electron chi connectivity index (χ3n) is 9.58. The zero-order chi connectivity index (χ0) is 33.0. The molecule has 1 aliphatic carbocycles. The van der Waals surface area contributed by atoms with Gasteiger partial charge in [-0.2, -0.15) is 0 Å². The van der Waals surface area contributed by atoms with Gasteiger partial charge in [0, 0.05) is 25.5 Å². The lowest BCUT2D eigenvalue weighted by atomic mass is 9.77. The maximum absolute atomic E-state index is 14.2. The molecule has 0 aromatic heterocycles. The summed E-state index contributed by atoms with van der Waals surface area (Å²) in [6, 6.07) is 34.1. The summed E-state index contributed by atoms with van der Waals surface area (Å²) in [7, 11) is 0. The van der Waals surface area contributed by atoms with Gasteiger partial charge in [-0.1, -0.05) is 116 Å². The SMILES string of the molecule is CC(=O)N1C(Cc2ccccc2)C(=O)N(c2ccc(CC(NC(=O)C3(c4ccccc4)CCCC3)C(=O)O)cc2)C1c1ccccc1. The molecule has 2 N–H and O–H groups in total. The maximum atomic E-state index is 14.2. The zero-order valence-electron chi connectivity index (χ0n) is 26.4. The van der Waals surface area contributed by atoms with Crippen LogP contribution in [0.1, 0.15) is 61.0 Å². The lowest BCUT2D eigenvalue weighted by molar-refractivity contribution is -0.142. The minimum absolute atomic E-state index is 0.0818. The van der Waals surface area contributed by atoms with E-state index in [1.807, 2.05) is 91.0 Å². The van der Waals surface area contributed by atoms with Crippen molar-refractivity contribution in [2.75, 3.05) is 4.90 Å². The second kappa shape index (κ2) is 13.6. The van der Waals surface area contributed by atoms with Gasteiger partial charge in [0.15, 0.2) is 0 Å². The molecular formula is C39H39N3O5. The molecule has 1 heterocycles. The summed E-state index contributed by atoms with van der Waals surface area (Å²) < 4.78 is 0. The normalized spacial score (nSPS) is 19.4. The second-order valence-electron chi connectivity index (χ2n) is 12.5. The minimum atomic E-state index is -1.12. The van der Waals surface area contributed by atoms with E-state index >= 15 is 0 Å². The number of carbonyl (C=O) groups excluding carboxylic acids is 3. The van der Waals surface area contributed by atoms with Crippen LogP contribution in [0.25, 0.3) is 0 Å². The molecule has 0 bridgehead atoms. The van der Waals surface area contributed by atoms with Gasteiger partial charge in [-0.05, 0) is 47.2 Å². The number of rotatable bonds is 10. The van der Waals surface area contributed by atoms with Crippen molar-refractivity contribution < 1.29 is 24.3 Å². The predicted octanol–water partition coefficient (Wildman–Crippen LogP) is 5.82. The van der Waals surface area contributed by atoms with E-state index in [0.29, 0.717) is 30.5 Å². The third kappa shape index (κ3) is 6.41. The Morgan fingerprint density at radius 3 is 1.96 bits per heavy atom. The molecule has 4 aromatic rings. The molecule has 8 heteroatoms. The Bertz CT molecular complexity index is 1720. The quantitative estimate of drug-likeness (QED) is 0.230. The first-order valence-corrected chi connectivity index (χ1v) is 16.2. The molecule has 2 fully saturated rings. The summed E-state index contributed by atoms with van der Waals surface area (Å²) >= 11 is 0. The van der Waals surface area contributed by atoms with Crippen LogP contribution < -0.4 is 10.2 Å². The van der Waals surface area contributed by atoms with Gasteiger partial charge in [-0.3, -0.25) is 19.3 Å². The van der Waals surface area contributed by atoms with Crippen LogP contribution >= 0.6 is 0 Å². The Morgan fingerprint density at radius 1 is 0.809 bits per heavy atom. The summed E-state index contributed by atoms with van der Waals surface area (Å²) in [5, 5.41) is 13.0. The third-order valence-corrected chi connectivity index (χ3v) is 9.58. The molecule has 3 amide bonds. The van der Waals surface area contributed by atoms with E-state index in [9.17, 15) is 24.3 Å². The van der Waals surface area contributed by atoms with Crippen molar-refractivity contribution in [3.8, 4) is 0 Å². The Kier molecular flexibility index (Phi) is 9.20. The van der Waals surface area contributed by atoms with Gasteiger partial charge in [-0.25, -0.2) is 4.79 Å². The van der Waals surface area contributed by atoms with Crippen molar-refractivity contribution in [2.24, 2.45) is 0 Å². The van der Waals surface area contributed by atoms with Crippen LogP contribution in [-0.2, 0) is 37.4 Å². The maximum Gasteiger partial charge on any atom is 0.326 e. The van der Waals surface area contributed by atoms with Crippen LogP contribution in [-0.4, -0.2) is 45.8 Å². The van der Waals surface area contributed by atoms with Gasteiger partial charge in [0.1, 0.15) is 18.2 Å². The average molecular weight is 630 g/mol. The molecule has 0 radical (unpaired) electrons. The predicted molar refractivity (Wildman–Crippen MR) is 179 cm³/mol. The number of nitrogens with zero attached hydrogens (tertiary/aromatic N) is 2. The van der Waals surface area contributed by atoms with Gasteiger partial charge < -0.3 is 15.3 Å². The fourth-order valence-corrected chi connectivity index (χ4v) is 7.22. The number of amides is 3. The highest BCUT2D eigenvalue weighted by Crippen LogP contribution is 2.42. The molecule has 240 valence electrons. The first-order valence-electron chi connectivity index (χ1n) is 16.2. The van der Waals surface area contributed by atoms with Crippen LogP contribution in [0.2, 0.25) is 0 Å². The number of aliphatic carboxylic acids is 1. The highest BCUT2D eigenvalue weighted by atomic mass is 16.4. The number of nitrogens with one attached hydrogen (secondary N) is 1. The molecule has 1 aliphatic heterocycles. The minimum Gasteiger partial charge on any atom is -0.480 e. The largest absolute Gasteiger partial charge is 0.480 e. The fourth-order valence-electron chi connectivity index (χ4n) is 7.22. The Balaban J connectivity index is 1.26.